The standard InChI is InChI=1S/C20H21N5O4/c26-18-11-22-20(28)25(18)13-19(27)24-8-4-5-14(12-24)16-9-21-10-17(23-16)29-15-6-2-1-3-7-15/h1-3,6-7,9-10,14H,4-5,8,11-13H2,(H,22,28)/t14-/m0/s1. The van der Waals surface area contributed by atoms with Crippen LogP contribution in [0.3, 0.4) is 0 Å². The SMILES string of the molecule is O=C(CN1C(=O)CNC1=O)N1CCC[C@H](c2cncc(Oc3ccccc3)n2)C1. The van der Waals surface area contributed by atoms with Crippen LogP contribution in [0.1, 0.15) is 24.5 Å². The van der Waals surface area contributed by atoms with Crippen molar-refractivity contribution < 1.29 is 19.1 Å². The highest BCUT2D eigenvalue weighted by atomic mass is 16.5. The third kappa shape index (κ3) is 4.34. The molecule has 0 unspecified atom stereocenters. The molecule has 2 fully saturated rings. The second-order valence-corrected chi connectivity index (χ2v) is 7.01. The molecule has 1 atom stereocenters. The van der Waals surface area contributed by atoms with Crippen molar-refractivity contribution in [3.05, 3.63) is 48.4 Å². The predicted molar refractivity (Wildman–Crippen MR) is 102 cm³/mol. The van der Waals surface area contributed by atoms with E-state index in [9.17, 15) is 14.4 Å². The van der Waals surface area contributed by atoms with Crippen LogP contribution in [-0.2, 0) is 9.59 Å². The molecule has 4 rings (SSSR count). The number of likely N-dealkylation sites (tertiary alicyclic amines) is 1. The Morgan fingerprint density at radius 3 is 2.79 bits per heavy atom. The highest BCUT2D eigenvalue weighted by Crippen LogP contribution is 2.27. The van der Waals surface area contributed by atoms with Gasteiger partial charge < -0.3 is 15.0 Å². The quantitative estimate of drug-likeness (QED) is 0.770. The lowest BCUT2D eigenvalue weighted by molar-refractivity contribution is -0.137. The van der Waals surface area contributed by atoms with Gasteiger partial charge in [0.05, 0.1) is 18.4 Å². The number of nitrogens with zero attached hydrogens (tertiary/aromatic N) is 4. The maximum absolute atomic E-state index is 12.6. The highest BCUT2D eigenvalue weighted by molar-refractivity contribution is 6.04. The largest absolute Gasteiger partial charge is 0.437 e. The van der Waals surface area contributed by atoms with E-state index in [0.717, 1.165) is 23.4 Å². The first-order chi connectivity index (χ1) is 14.1. The molecule has 0 aliphatic carbocycles. The number of amides is 4. The smallest absolute Gasteiger partial charge is 0.325 e. The molecular weight excluding hydrogens is 374 g/mol. The zero-order valence-corrected chi connectivity index (χ0v) is 15.8. The van der Waals surface area contributed by atoms with Crippen LogP contribution in [0, 0.1) is 0 Å². The lowest BCUT2D eigenvalue weighted by atomic mass is 9.95. The van der Waals surface area contributed by atoms with E-state index in [1.165, 1.54) is 0 Å². The van der Waals surface area contributed by atoms with Gasteiger partial charge in [-0.2, -0.15) is 0 Å². The molecule has 2 saturated heterocycles. The Kier molecular flexibility index (Phi) is 5.37. The number of ether oxygens (including phenoxy) is 1. The fourth-order valence-corrected chi connectivity index (χ4v) is 3.51. The summed E-state index contributed by atoms with van der Waals surface area (Å²) >= 11 is 0. The Bertz CT molecular complexity index is 904. The van der Waals surface area contributed by atoms with Gasteiger partial charge in [0.15, 0.2) is 0 Å². The van der Waals surface area contributed by atoms with Gasteiger partial charge in [0.1, 0.15) is 12.3 Å². The average molecular weight is 395 g/mol. The first kappa shape index (κ1) is 18.9. The Morgan fingerprint density at radius 2 is 2.03 bits per heavy atom. The monoisotopic (exact) mass is 395 g/mol. The molecule has 0 bridgehead atoms. The number of imide groups is 1. The second-order valence-electron chi connectivity index (χ2n) is 7.01. The van der Waals surface area contributed by atoms with Crippen molar-refractivity contribution in [2.45, 2.75) is 18.8 Å². The minimum Gasteiger partial charge on any atom is -0.437 e. The van der Waals surface area contributed by atoms with E-state index in [2.05, 4.69) is 15.3 Å². The van der Waals surface area contributed by atoms with Gasteiger partial charge in [-0.25, -0.2) is 9.78 Å². The van der Waals surface area contributed by atoms with E-state index in [4.69, 9.17) is 4.74 Å². The zero-order chi connectivity index (χ0) is 20.2. The number of para-hydroxylation sites is 1. The van der Waals surface area contributed by atoms with Gasteiger partial charge in [0, 0.05) is 25.2 Å². The summed E-state index contributed by atoms with van der Waals surface area (Å²) in [6, 6.07) is 8.82. The zero-order valence-electron chi connectivity index (χ0n) is 15.8. The molecule has 0 spiro atoms. The van der Waals surface area contributed by atoms with Crippen molar-refractivity contribution in [3.8, 4) is 11.6 Å². The number of aromatic nitrogens is 2. The van der Waals surface area contributed by atoms with Gasteiger partial charge in [-0.05, 0) is 25.0 Å². The summed E-state index contributed by atoms with van der Waals surface area (Å²) in [5.41, 5.74) is 0.755. The number of rotatable bonds is 5. The molecule has 1 N–H and O–H groups in total. The molecule has 2 aliphatic rings. The lowest BCUT2D eigenvalue weighted by Crippen LogP contribution is -2.46. The van der Waals surface area contributed by atoms with Crippen LogP contribution < -0.4 is 10.1 Å². The number of nitrogens with one attached hydrogen (secondary N) is 1. The number of hydrogen-bond acceptors (Lipinski definition) is 6. The van der Waals surface area contributed by atoms with Crippen molar-refractivity contribution in [3.63, 3.8) is 0 Å². The molecule has 1 aromatic carbocycles. The molecule has 0 saturated carbocycles. The van der Waals surface area contributed by atoms with Crippen LogP contribution >= 0.6 is 0 Å². The second kappa shape index (κ2) is 8.26. The normalized spacial score (nSPS) is 19.2. The fourth-order valence-electron chi connectivity index (χ4n) is 3.51. The number of urea groups is 1. The van der Waals surface area contributed by atoms with Crippen LogP contribution in [0.15, 0.2) is 42.7 Å². The summed E-state index contributed by atoms with van der Waals surface area (Å²) in [6.07, 6.45) is 4.92. The summed E-state index contributed by atoms with van der Waals surface area (Å²) < 4.78 is 5.75. The molecular formula is C20H21N5O4. The van der Waals surface area contributed by atoms with Crippen LogP contribution in [0.4, 0.5) is 4.79 Å². The van der Waals surface area contributed by atoms with Crippen LogP contribution in [0.25, 0.3) is 0 Å². The van der Waals surface area contributed by atoms with Gasteiger partial charge in [-0.3, -0.25) is 19.5 Å². The molecule has 2 aliphatic heterocycles. The predicted octanol–water partition coefficient (Wildman–Crippen LogP) is 1.53. The van der Waals surface area contributed by atoms with Gasteiger partial charge in [0.2, 0.25) is 11.8 Å². The van der Waals surface area contributed by atoms with E-state index in [0.29, 0.717) is 24.7 Å². The van der Waals surface area contributed by atoms with Crippen molar-refractivity contribution in [2.75, 3.05) is 26.2 Å². The molecule has 1 aromatic heterocycles. The van der Waals surface area contributed by atoms with E-state index < -0.39 is 6.03 Å². The Balaban J connectivity index is 1.41. The van der Waals surface area contributed by atoms with Gasteiger partial charge in [-0.15, -0.1) is 0 Å². The Labute approximate surface area is 167 Å². The third-order valence-electron chi connectivity index (χ3n) is 5.02. The Morgan fingerprint density at radius 1 is 1.21 bits per heavy atom. The summed E-state index contributed by atoms with van der Waals surface area (Å²) in [5.74, 6) is 0.463. The van der Waals surface area contributed by atoms with E-state index in [1.54, 1.807) is 17.3 Å². The third-order valence-corrected chi connectivity index (χ3v) is 5.02. The number of piperidine rings is 1. The molecule has 9 nitrogen and oxygen atoms in total. The first-order valence-corrected chi connectivity index (χ1v) is 9.51. The molecule has 9 heteroatoms. The van der Waals surface area contributed by atoms with E-state index in [1.807, 2.05) is 30.3 Å². The van der Waals surface area contributed by atoms with E-state index in [-0.39, 0.29) is 30.8 Å². The topological polar surface area (TPSA) is 105 Å². The van der Waals surface area contributed by atoms with Crippen molar-refractivity contribution >= 4 is 17.8 Å². The molecule has 150 valence electrons. The number of benzene rings is 1. The maximum atomic E-state index is 12.6. The first-order valence-electron chi connectivity index (χ1n) is 9.51. The van der Waals surface area contributed by atoms with Crippen molar-refractivity contribution in [1.29, 1.82) is 0 Å². The molecule has 4 amide bonds. The molecule has 2 aromatic rings. The van der Waals surface area contributed by atoms with E-state index >= 15 is 0 Å². The van der Waals surface area contributed by atoms with Crippen molar-refractivity contribution in [1.82, 2.24) is 25.1 Å². The fraction of sp³-hybridized carbons (Fsp3) is 0.350. The van der Waals surface area contributed by atoms with Crippen molar-refractivity contribution in [2.24, 2.45) is 0 Å². The van der Waals surface area contributed by atoms with Crippen LogP contribution in [0.2, 0.25) is 0 Å². The summed E-state index contributed by atoms with van der Waals surface area (Å²) in [4.78, 5) is 47.4. The average Bonchev–Trinajstić information content (AvgIpc) is 3.07. The molecule has 0 radical (unpaired) electrons. The lowest BCUT2D eigenvalue weighted by Gasteiger charge is -2.33. The minimum absolute atomic E-state index is 0.0163. The summed E-state index contributed by atoms with van der Waals surface area (Å²) in [5, 5.41) is 2.42. The highest BCUT2D eigenvalue weighted by Gasteiger charge is 2.33. The summed E-state index contributed by atoms with van der Waals surface area (Å²) in [6.45, 7) is 0.761. The van der Waals surface area contributed by atoms with Crippen LogP contribution in [-0.4, -0.2) is 63.8 Å². The van der Waals surface area contributed by atoms with Gasteiger partial charge in [0.25, 0.3) is 5.91 Å². The molecule has 3 heterocycles. The minimum atomic E-state index is -0.520. The number of carbonyl (C=O) groups excluding carboxylic acids is 3. The molecule has 29 heavy (non-hydrogen) atoms. The van der Waals surface area contributed by atoms with Gasteiger partial charge >= 0.3 is 6.03 Å². The van der Waals surface area contributed by atoms with Crippen LogP contribution in [0.5, 0.6) is 11.6 Å². The maximum Gasteiger partial charge on any atom is 0.325 e. The number of carbonyl (C=O) groups is 3. The Hall–Kier alpha value is -3.49. The summed E-state index contributed by atoms with van der Waals surface area (Å²) in [7, 11) is 0. The number of hydrogen-bond donors (Lipinski definition) is 1. The van der Waals surface area contributed by atoms with Gasteiger partial charge in [-0.1, -0.05) is 18.2 Å².